The van der Waals surface area contributed by atoms with Gasteiger partial charge in [-0.05, 0) is 24.0 Å². The number of likely N-dealkylation sites (tertiary alicyclic amines) is 1. The van der Waals surface area contributed by atoms with Crippen molar-refractivity contribution >= 4 is 29.3 Å². The number of carbonyl (C=O) groups is 2. The summed E-state index contributed by atoms with van der Waals surface area (Å²) in [6, 6.07) is 18.4. The first-order chi connectivity index (χ1) is 15.1. The van der Waals surface area contributed by atoms with Gasteiger partial charge in [-0.1, -0.05) is 72.3 Å². The minimum atomic E-state index is -0.615. The van der Waals surface area contributed by atoms with Gasteiger partial charge in [-0.2, -0.15) is 0 Å². The Morgan fingerprint density at radius 3 is 2.52 bits per heavy atom. The van der Waals surface area contributed by atoms with E-state index in [0.717, 1.165) is 23.1 Å². The maximum Gasteiger partial charge on any atom is 0.410 e. The Balaban J connectivity index is 1.48. The maximum absolute atomic E-state index is 13.1. The summed E-state index contributed by atoms with van der Waals surface area (Å²) in [5, 5.41) is 3.26. The molecule has 1 N–H and O–H groups in total. The molecule has 3 aromatic rings. The van der Waals surface area contributed by atoms with Crippen LogP contribution in [-0.2, 0) is 16.1 Å². The molecule has 6 nitrogen and oxygen atoms in total. The third-order valence-corrected chi connectivity index (χ3v) is 5.51. The van der Waals surface area contributed by atoms with Crippen molar-refractivity contribution in [2.45, 2.75) is 25.5 Å². The molecule has 0 bridgehead atoms. The van der Waals surface area contributed by atoms with Crippen molar-refractivity contribution in [3.63, 3.8) is 0 Å². The van der Waals surface area contributed by atoms with E-state index in [4.69, 9.17) is 16.3 Å². The van der Waals surface area contributed by atoms with Crippen molar-refractivity contribution in [2.75, 3.05) is 11.9 Å². The first-order valence-corrected chi connectivity index (χ1v) is 10.5. The van der Waals surface area contributed by atoms with Crippen molar-refractivity contribution < 1.29 is 14.3 Å². The second kappa shape index (κ2) is 9.62. The number of nitrogens with zero attached hydrogens (tertiary/aromatic N) is 2. The van der Waals surface area contributed by atoms with Gasteiger partial charge in [0.05, 0.1) is 10.7 Å². The smallest absolute Gasteiger partial charge is 0.410 e. The van der Waals surface area contributed by atoms with E-state index in [2.05, 4.69) is 10.3 Å². The Morgan fingerprint density at radius 1 is 1.06 bits per heavy atom. The van der Waals surface area contributed by atoms with Crippen LogP contribution in [0.4, 0.5) is 10.5 Å². The fraction of sp³-hybridized carbons (Fsp3) is 0.208. The summed E-state index contributed by atoms with van der Waals surface area (Å²) >= 11 is 6.36. The Morgan fingerprint density at radius 2 is 1.77 bits per heavy atom. The first-order valence-electron chi connectivity index (χ1n) is 10.1. The number of hydrogen-bond acceptors (Lipinski definition) is 4. The lowest BCUT2D eigenvalue weighted by Gasteiger charge is -2.24. The van der Waals surface area contributed by atoms with Crippen molar-refractivity contribution in [1.82, 2.24) is 9.88 Å². The number of ether oxygens (including phenoxy) is 1. The molecule has 1 aromatic heterocycles. The van der Waals surface area contributed by atoms with E-state index in [1.165, 1.54) is 11.1 Å². The fourth-order valence-corrected chi connectivity index (χ4v) is 3.87. The second-order valence-corrected chi connectivity index (χ2v) is 7.70. The third kappa shape index (κ3) is 4.86. The van der Waals surface area contributed by atoms with Crippen molar-refractivity contribution in [3.05, 3.63) is 83.6 Å². The zero-order chi connectivity index (χ0) is 21.6. The van der Waals surface area contributed by atoms with Crippen LogP contribution >= 0.6 is 11.6 Å². The highest BCUT2D eigenvalue weighted by Gasteiger charge is 2.35. The monoisotopic (exact) mass is 435 g/mol. The van der Waals surface area contributed by atoms with Gasteiger partial charge >= 0.3 is 6.09 Å². The van der Waals surface area contributed by atoms with Gasteiger partial charge in [0.25, 0.3) is 0 Å². The Labute approximate surface area is 185 Å². The van der Waals surface area contributed by atoms with Crippen LogP contribution in [-0.4, -0.2) is 34.5 Å². The summed E-state index contributed by atoms with van der Waals surface area (Å²) in [7, 11) is 0. The molecular formula is C24H22ClN3O3. The van der Waals surface area contributed by atoms with Gasteiger partial charge in [0.2, 0.25) is 5.91 Å². The van der Waals surface area contributed by atoms with Gasteiger partial charge in [0, 0.05) is 24.5 Å². The molecule has 0 aliphatic carbocycles. The van der Waals surface area contributed by atoms with E-state index in [1.807, 2.05) is 60.7 Å². The van der Waals surface area contributed by atoms with Crippen LogP contribution in [0, 0.1) is 0 Å². The molecule has 158 valence electrons. The number of nitrogens with one attached hydrogen (secondary N) is 1. The molecule has 1 aliphatic heterocycles. The molecule has 2 heterocycles. The fourth-order valence-electron chi connectivity index (χ4n) is 3.67. The van der Waals surface area contributed by atoms with Crippen LogP contribution in [0.25, 0.3) is 11.1 Å². The predicted octanol–water partition coefficient (Wildman–Crippen LogP) is 5.14. The minimum absolute atomic E-state index is 0.166. The van der Waals surface area contributed by atoms with Crippen LogP contribution in [0.1, 0.15) is 18.4 Å². The molecular weight excluding hydrogens is 414 g/mol. The Bertz CT molecular complexity index is 1060. The normalized spacial score (nSPS) is 15.5. The molecule has 31 heavy (non-hydrogen) atoms. The zero-order valence-electron chi connectivity index (χ0n) is 16.8. The molecule has 0 saturated carbocycles. The Kier molecular flexibility index (Phi) is 6.48. The number of anilines is 1. The third-order valence-electron chi connectivity index (χ3n) is 5.23. The Hall–Kier alpha value is -3.38. The van der Waals surface area contributed by atoms with E-state index in [0.29, 0.717) is 23.7 Å². The van der Waals surface area contributed by atoms with E-state index in [9.17, 15) is 9.59 Å². The lowest BCUT2D eigenvalue weighted by atomic mass is 10.1. The summed E-state index contributed by atoms with van der Waals surface area (Å²) < 4.78 is 5.43. The molecule has 1 aliphatic rings. The highest BCUT2D eigenvalue weighted by Crippen LogP contribution is 2.33. The standard InChI is InChI=1S/C24H22ClN3O3/c25-20-15-26-14-19(18-10-5-2-6-11-18)22(20)27-23(29)21-12-7-13-28(21)24(30)31-16-17-8-3-1-4-9-17/h1-6,8-11,14-15,21H,7,12-13,16H2,(H,26,27,29)/t21-/m0/s1. The number of aromatic nitrogens is 1. The van der Waals surface area contributed by atoms with Gasteiger partial charge in [0.15, 0.2) is 0 Å². The number of hydrogen-bond donors (Lipinski definition) is 1. The number of benzene rings is 2. The second-order valence-electron chi connectivity index (χ2n) is 7.29. The van der Waals surface area contributed by atoms with Crippen LogP contribution in [0.3, 0.4) is 0 Å². The van der Waals surface area contributed by atoms with Crippen LogP contribution < -0.4 is 5.32 Å². The SMILES string of the molecule is O=C(Nc1c(Cl)cncc1-c1ccccc1)[C@@H]1CCCN1C(=O)OCc1ccccc1. The van der Waals surface area contributed by atoms with E-state index >= 15 is 0 Å². The molecule has 2 aromatic carbocycles. The molecule has 2 amide bonds. The lowest BCUT2D eigenvalue weighted by Crippen LogP contribution is -2.43. The molecule has 0 unspecified atom stereocenters. The van der Waals surface area contributed by atoms with Gasteiger partial charge in [0.1, 0.15) is 12.6 Å². The molecule has 0 spiro atoms. The van der Waals surface area contributed by atoms with E-state index in [-0.39, 0.29) is 12.5 Å². The van der Waals surface area contributed by atoms with Gasteiger partial charge in [-0.25, -0.2) is 4.79 Å². The summed E-state index contributed by atoms with van der Waals surface area (Å²) in [6.07, 6.45) is 3.95. The van der Waals surface area contributed by atoms with Crippen molar-refractivity contribution in [2.24, 2.45) is 0 Å². The summed E-state index contributed by atoms with van der Waals surface area (Å²) in [6.45, 7) is 0.639. The lowest BCUT2D eigenvalue weighted by molar-refractivity contribution is -0.120. The molecule has 0 radical (unpaired) electrons. The molecule has 4 rings (SSSR count). The first kappa shape index (κ1) is 20.9. The number of amides is 2. The molecule has 7 heteroatoms. The van der Waals surface area contributed by atoms with Crippen molar-refractivity contribution in [1.29, 1.82) is 0 Å². The predicted molar refractivity (Wildman–Crippen MR) is 120 cm³/mol. The van der Waals surface area contributed by atoms with E-state index in [1.54, 1.807) is 6.20 Å². The topological polar surface area (TPSA) is 71.5 Å². The van der Waals surface area contributed by atoms with Crippen LogP contribution in [0.15, 0.2) is 73.1 Å². The average molecular weight is 436 g/mol. The van der Waals surface area contributed by atoms with Gasteiger partial charge in [-0.3, -0.25) is 14.7 Å². The minimum Gasteiger partial charge on any atom is -0.445 e. The van der Waals surface area contributed by atoms with Crippen LogP contribution in [0.2, 0.25) is 5.02 Å². The number of rotatable bonds is 5. The summed E-state index contributed by atoms with van der Waals surface area (Å²) in [5.41, 5.74) is 2.99. The maximum atomic E-state index is 13.1. The van der Waals surface area contributed by atoms with E-state index < -0.39 is 12.1 Å². The zero-order valence-corrected chi connectivity index (χ0v) is 17.6. The quantitative estimate of drug-likeness (QED) is 0.602. The highest BCUT2D eigenvalue weighted by molar-refractivity contribution is 6.34. The highest BCUT2D eigenvalue weighted by atomic mass is 35.5. The number of pyridine rings is 1. The summed E-state index contributed by atoms with van der Waals surface area (Å²) in [4.78, 5) is 31.4. The largest absolute Gasteiger partial charge is 0.445 e. The number of halogens is 1. The summed E-state index contributed by atoms with van der Waals surface area (Å²) in [5.74, 6) is -0.292. The van der Waals surface area contributed by atoms with Gasteiger partial charge in [-0.15, -0.1) is 0 Å². The number of carbonyl (C=O) groups excluding carboxylic acids is 2. The molecule has 1 fully saturated rings. The van der Waals surface area contributed by atoms with Crippen LogP contribution in [0.5, 0.6) is 0 Å². The molecule has 1 atom stereocenters. The van der Waals surface area contributed by atoms with Gasteiger partial charge < -0.3 is 10.1 Å². The average Bonchev–Trinajstić information content (AvgIpc) is 3.30. The van der Waals surface area contributed by atoms with Crippen molar-refractivity contribution in [3.8, 4) is 11.1 Å². The molecule has 1 saturated heterocycles.